The van der Waals surface area contributed by atoms with Gasteiger partial charge in [0, 0.05) is 27.3 Å². The minimum Gasteiger partial charge on any atom is -0.462 e. The molecule has 0 bridgehead atoms. The van der Waals surface area contributed by atoms with Gasteiger partial charge in [0.05, 0.1) is 23.5 Å². The number of carbonyl (C=O) groups is 1. The van der Waals surface area contributed by atoms with Gasteiger partial charge < -0.3 is 20.1 Å². The van der Waals surface area contributed by atoms with Crippen molar-refractivity contribution < 1.29 is 14.3 Å². The van der Waals surface area contributed by atoms with E-state index < -0.39 is 0 Å². The average Bonchev–Trinajstić information content (AvgIpc) is 2.45. The summed E-state index contributed by atoms with van der Waals surface area (Å²) in [6.45, 7) is 1.97. The van der Waals surface area contributed by atoms with Crippen LogP contribution in [0.25, 0.3) is 0 Å². The lowest BCUT2D eigenvalue weighted by Gasteiger charge is -2.21. The Balaban J connectivity index is 1.93. The molecule has 0 aromatic heterocycles. The highest BCUT2D eigenvalue weighted by Gasteiger charge is 2.17. The molecule has 1 fully saturated rings. The molecule has 0 amide bonds. The summed E-state index contributed by atoms with van der Waals surface area (Å²) >= 11 is 0. The summed E-state index contributed by atoms with van der Waals surface area (Å²) in [6.07, 6.45) is 1.91. The molecule has 0 aliphatic carbocycles. The fraction of sp³-hybridized carbons (Fsp3) is 0.533. The van der Waals surface area contributed by atoms with Crippen molar-refractivity contribution in [2.75, 3.05) is 44.5 Å². The zero-order valence-electron chi connectivity index (χ0n) is 12.1. The van der Waals surface area contributed by atoms with E-state index in [1.165, 1.54) is 0 Å². The van der Waals surface area contributed by atoms with E-state index in [0.29, 0.717) is 23.8 Å². The largest absolute Gasteiger partial charge is 0.462 e. The van der Waals surface area contributed by atoms with Crippen molar-refractivity contribution in [1.82, 2.24) is 0 Å². The molecule has 1 aliphatic rings. The van der Waals surface area contributed by atoms with Crippen LogP contribution in [0.15, 0.2) is 18.2 Å². The van der Waals surface area contributed by atoms with Crippen molar-refractivity contribution in [3.63, 3.8) is 0 Å². The second-order valence-electron chi connectivity index (χ2n) is 5.32. The summed E-state index contributed by atoms with van der Waals surface area (Å²) in [5.74, 6) is 0.0968. The third kappa shape index (κ3) is 3.63. The van der Waals surface area contributed by atoms with E-state index in [1.54, 1.807) is 12.1 Å². The molecule has 1 saturated heterocycles. The van der Waals surface area contributed by atoms with Gasteiger partial charge in [-0.25, -0.2) is 4.79 Å². The van der Waals surface area contributed by atoms with Crippen molar-refractivity contribution in [1.29, 1.82) is 0 Å². The summed E-state index contributed by atoms with van der Waals surface area (Å²) in [5, 5.41) is 0. The van der Waals surface area contributed by atoms with Gasteiger partial charge in [0.25, 0.3) is 0 Å². The Morgan fingerprint density at radius 1 is 1.40 bits per heavy atom. The topological polar surface area (TPSA) is 64.8 Å². The van der Waals surface area contributed by atoms with Gasteiger partial charge in [-0.15, -0.1) is 0 Å². The van der Waals surface area contributed by atoms with Crippen LogP contribution in [-0.2, 0) is 9.47 Å². The van der Waals surface area contributed by atoms with Gasteiger partial charge in [0.2, 0.25) is 0 Å². The Morgan fingerprint density at radius 2 is 2.10 bits per heavy atom. The van der Waals surface area contributed by atoms with Crippen molar-refractivity contribution in [2.45, 2.75) is 12.8 Å². The molecule has 2 N–H and O–H groups in total. The summed E-state index contributed by atoms with van der Waals surface area (Å²) in [6, 6.07) is 5.25. The molecule has 1 aromatic carbocycles. The zero-order valence-corrected chi connectivity index (χ0v) is 12.1. The number of carbonyl (C=O) groups excluding carboxylic acids is 1. The van der Waals surface area contributed by atoms with Crippen LogP contribution in [-0.4, -0.2) is 39.9 Å². The van der Waals surface area contributed by atoms with E-state index in [0.717, 1.165) is 31.7 Å². The Hall–Kier alpha value is -1.75. The molecule has 110 valence electrons. The molecule has 2 rings (SSSR count). The van der Waals surface area contributed by atoms with Gasteiger partial charge in [-0.3, -0.25) is 0 Å². The molecule has 5 nitrogen and oxygen atoms in total. The van der Waals surface area contributed by atoms with Crippen LogP contribution >= 0.6 is 0 Å². The minimum atomic E-state index is -0.312. The minimum absolute atomic E-state index is 0.312. The van der Waals surface area contributed by atoms with Crippen LogP contribution in [0.1, 0.15) is 23.2 Å². The normalized spacial score (nSPS) is 15.9. The Labute approximate surface area is 119 Å². The van der Waals surface area contributed by atoms with Crippen LogP contribution in [0.4, 0.5) is 11.4 Å². The van der Waals surface area contributed by atoms with E-state index in [-0.39, 0.29) is 5.97 Å². The highest BCUT2D eigenvalue weighted by molar-refractivity contribution is 5.92. The maximum atomic E-state index is 12.0. The van der Waals surface area contributed by atoms with Gasteiger partial charge in [0.15, 0.2) is 0 Å². The van der Waals surface area contributed by atoms with Crippen molar-refractivity contribution in [3.05, 3.63) is 23.8 Å². The molecule has 0 radical (unpaired) electrons. The third-order valence-corrected chi connectivity index (χ3v) is 3.54. The predicted molar refractivity (Wildman–Crippen MR) is 79.0 cm³/mol. The smallest absolute Gasteiger partial charge is 0.338 e. The number of esters is 1. The summed E-state index contributed by atoms with van der Waals surface area (Å²) in [5.41, 5.74) is 7.91. The number of nitrogen functional groups attached to an aromatic ring is 1. The zero-order chi connectivity index (χ0) is 14.5. The fourth-order valence-electron chi connectivity index (χ4n) is 2.28. The lowest BCUT2D eigenvalue weighted by atomic mass is 10.0. The van der Waals surface area contributed by atoms with E-state index in [4.69, 9.17) is 15.2 Å². The van der Waals surface area contributed by atoms with Gasteiger partial charge in [-0.1, -0.05) is 0 Å². The van der Waals surface area contributed by atoms with Crippen molar-refractivity contribution in [3.8, 4) is 0 Å². The lowest BCUT2D eigenvalue weighted by molar-refractivity contribution is 0.0185. The number of nitrogens with two attached hydrogens (primary N) is 1. The average molecular weight is 278 g/mol. The van der Waals surface area contributed by atoms with Gasteiger partial charge in [0.1, 0.15) is 0 Å². The summed E-state index contributed by atoms with van der Waals surface area (Å²) in [7, 11) is 3.82. The highest BCUT2D eigenvalue weighted by atomic mass is 16.5. The molecule has 20 heavy (non-hydrogen) atoms. The quantitative estimate of drug-likeness (QED) is 0.673. The molecule has 0 saturated carbocycles. The number of anilines is 2. The maximum absolute atomic E-state index is 12.0. The first-order valence-corrected chi connectivity index (χ1v) is 6.89. The molecule has 1 aliphatic heterocycles. The third-order valence-electron chi connectivity index (χ3n) is 3.54. The first kappa shape index (κ1) is 14.7. The summed E-state index contributed by atoms with van der Waals surface area (Å²) in [4.78, 5) is 13.9. The van der Waals surface area contributed by atoms with Gasteiger partial charge in [-0.2, -0.15) is 0 Å². The number of hydrogen-bond donors (Lipinski definition) is 1. The number of ether oxygens (including phenoxy) is 2. The fourth-order valence-corrected chi connectivity index (χ4v) is 2.28. The first-order chi connectivity index (χ1) is 9.58. The predicted octanol–water partition coefficient (Wildman–Crippen LogP) is 1.92. The molecule has 5 heteroatoms. The number of hydrogen-bond acceptors (Lipinski definition) is 5. The van der Waals surface area contributed by atoms with Crippen LogP contribution in [0, 0.1) is 5.92 Å². The standard InChI is InChI=1S/C15H22N2O3/c1-17(2)14-4-3-12(9-13(14)16)15(18)20-10-11-5-7-19-8-6-11/h3-4,9,11H,5-8,10,16H2,1-2H3. The molecule has 1 heterocycles. The molecular weight excluding hydrogens is 256 g/mol. The van der Waals surface area contributed by atoms with Crippen LogP contribution in [0.5, 0.6) is 0 Å². The van der Waals surface area contributed by atoms with E-state index in [2.05, 4.69) is 0 Å². The van der Waals surface area contributed by atoms with E-state index in [1.807, 2.05) is 25.1 Å². The lowest BCUT2D eigenvalue weighted by Crippen LogP contribution is -2.22. The summed E-state index contributed by atoms with van der Waals surface area (Å²) < 4.78 is 10.6. The second-order valence-corrected chi connectivity index (χ2v) is 5.32. The molecule has 0 atom stereocenters. The molecular formula is C15H22N2O3. The van der Waals surface area contributed by atoms with Crippen LogP contribution in [0.2, 0.25) is 0 Å². The van der Waals surface area contributed by atoms with Gasteiger partial charge >= 0.3 is 5.97 Å². The maximum Gasteiger partial charge on any atom is 0.338 e. The van der Waals surface area contributed by atoms with Crippen LogP contribution < -0.4 is 10.6 Å². The monoisotopic (exact) mass is 278 g/mol. The number of nitrogens with zero attached hydrogens (tertiary/aromatic N) is 1. The van der Waals surface area contributed by atoms with Crippen LogP contribution in [0.3, 0.4) is 0 Å². The second kappa shape index (κ2) is 6.61. The van der Waals surface area contributed by atoms with Crippen molar-refractivity contribution in [2.24, 2.45) is 5.92 Å². The number of rotatable bonds is 4. The Kier molecular flexibility index (Phi) is 4.84. The van der Waals surface area contributed by atoms with Crippen molar-refractivity contribution >= 4 is 17.3 Å². The Bertz CT molecular complexity index is 468. The SMILES string of the molecule is CN(C)c1ccc(C(=O)OCC2CCOCC2)cc1N. The Morgan fingerprint density at radius 3 is 2.70 bits per heavy atom. The molecule has 0 spiro atoms. The number of benzene rings is 1. The van der Waals surface area contributed by atoms with Gasteiger partial charge in [-0.05, 0) is 37.0 Å². The van der Waals surface area contributed by atoms with E-state index in [9.17, 15) is 4.79 Å². The first-order valence-electron chi connectivity index (χ1n) is 6.89. The van der Waals surface area contributed by atoms with E-state index >= 15 is 0 Å². The highest BCUT2D eigenvalue weighted by Crippen LogP contribution is 2.23. The molecule has 1 aromatic rings. The molecule has 0 unspecified atom stereocenters.